The first-order valence-electron chi connectivity index (χ1n) is 10.7. The fourth-order valence-corrected chi connectivity index (χ4v) is 4.27. The summed E-state index contributed by atoms with van der Waals surface area (Å²) in [5, 5.41) is 6.91. The number of hydrogen-bond donors (Lipinski definition) is 1. The van der Waals surface area contributed by atoms with Gasteiger partial charge in [0.15, 0.2) is 11.5 Å². The highest BCUT2D eigenvalue weighted by Gasteiger charge is 2.12. The number of nitrogens with zero attached hydrogens (tertiary/aromatic N) is 1. The number of fused-ring (bicyclic) bond motifs is 1. The Balaban J connectivity index is 1.46. The number of hydrazone groups is 1. The van der Waals surface area contributed by atoms with Crippen molar-refractivity contribution in [1.29, 1.82) is 0 Å². The first kappa shape index (κ1) is 24.0. The van der Waals surface area contributed by atoms with E-state index in [4.69, 9.17) is 21.1 Å². The number of amides is 1. The second kappa shape index (κ2) is 11.4. The minimum absolute atomic E-state index is 0.273. The molecule has 4 rings (SSSR count). The minimum atomic E-state index is -0.273. The molecule has 0 heterocycles. The Bertz CT molecular complexity index is 1340. The van der Waals surface area contributed by atoms with Gasteiger partial charge in [-0.05, 0) is 87.8 Å². The van der Waals surface area contributed by atoms with Crippen LogP contribution in [-0.4, -0.2) is 18.7 Å². The first-order chi connectivity index (χ1) is 16.5. The third kappa shape index (κ3) is 6.07. The number of carbonyl (C=O) groups excluding carboxylic acids is 1. The van der Waals surface area contributed by atoms with Crippen molar-refractivity contribution in [2.24, 2.45) is 5.10 Å². The summed E-state index contributed by atoms with van der Waals surface area (Å²) in [6.07, 6.45) is 1.59. The van der Waals surface area contributed by atoms with Gasteiger partial charge in [-0.3, -0.25) is 4.79 Å². The summed E-state index contributed by atoms with van der Waals surface area (Å²) in [6.45, 7) is 2.80. The van der Waals surface area contributed by atoms with Gasteiger partial charge in [0.05, 0.1) is 16.4 Å². The van der Waals surface area contributed by atoms with Crippen LogP contribution in [0.2, 0.25) is 5.02 Å². The number of ether oxygens (including phenoxy) is 2. The predicted octanol–water partition coefficient (Wildman–Crippen LogP) is 6.84. The van der Waals surface area contributed by atoms with Crippen LogP contribution in [0, 0.1) is 3.57 Å². The standard InChI is InChI=1S/C27H22ClIN2O3/c1-2-33-25-14-19(13-24(29)26(25)34-17-18-7-11-23(28)12-8-18)16-30-31-27(32)22-10-9-20-5-3-4-6-21(20)15-22/h3-16H,2,17H2,1H3,(H,31,32)/b30-16-. The molecule has 0 aliphatic rings. The van der Waals surface area contributed by atoms with Gasteiger partial charge < -0.3 is 9.47 Å². The number of benzene rings is 4. The summed E-state index contributed by atoms with van der Waals surface area (Å²) in [7, 11) is 0. The Morgan fingerprint density at radius 1 is 1.00 bits per heavy atom. The highest BCUT2D eigenvalue weighted by molar-refractivity contribution is 14.1. The molecule has 34 heavy (non-hydrogen) atoms. The van der Waals surface area contributed by atoms with Crippen molar-refractivity contribution in [2.45, 2.75) is 13.5 Å². The van der Waals surface area contributed by atoms with Gasteiger partial charge >= 0.3 is 0 Å². The van der Waals surface area contributed by atoms with Crippen molar-refractivity contribution in [2.75, 3.05) is 6.61 Å². The lowest BCUT2D eigenvalue weighted by atomic mass is 10.1. The molecule has 0 unspecified atom stereocenters. The summed E-state index contributed by atoms with van der Waals surface area (Å²) < 4.78 is 12.7. The SMILES string of the molecule is CCOc1cc(/C=N\NC(=O)c2ccc3ccccc3c2)cc(I)c1OCc1ccc(Cl)cc1. The molecule has 0 saturated carbocycles. The number of halogens is 2. The summed E-state index contributed by atoms with van der Waals surface area (Å²) in [6, 6.07) is 24.7. The first-order valence-corrected chi connectivity index (χ1v) is 12.1. The Labute approximate surface area is 216 Å². The fraction of sp³-hybridized carbons (Fsp3) is 0.111. The average molecular weight is 585 g/mol. The maximum atomic E-state index is 12.5. The monoisotopic (exact) mass is 584 g/mol. The molecule has 4 aromatic rings. The molecule has 5 nitrogen and oxygen atoms in total. The van der Waals surface area contributed by atoms with Gasteiger partial charge in [0.1, 0.15) is 6.61 Å². The second-order valence-corrected chi connectivity index (χ2v) is 9.04. The Kier molecular flexibility index (Phi) is 8.03. The van der Waals surface area contributed by atoms with Crippen molar-refractivity contribution in [3.8, 4) is 11.5 Å². The third-order valence-electron chi connectivity index (χ3n) is 5.02. The van der Waals surface area contributed by atoms with E-state index in [1.807, 2.05) is 79.7 Å². The quantitative estimate of drug-likeness (QED) is 0.140. The van der Waals surface area contributed by atoms with Crippen molar-refractivity contribution < 1.29 is 14.3 Å². The minimum Gasteiger partial charge on any atom is -0.490 e. The van der Waals surface area contributed by atoms with Crippen LogP contribution in [0.3, 0.4) is 0 Å². The Morgan fingerprint density at radius 2 is 1.76 bits per heavy atom. The average Bonchev–Trinajstić information content (AvgIpc) is 2.84. The molecule has 4 aromatic carbocycles. The lowest BCUT2D eigenvalue weighted by Crippen LogP contribution is -2.17. The van der Waals surface area contributed by atoms with E-state index in [1.54, 1.807) is 12.3 Å². The lowest BCUT2D eigenvalue weighted by molar-refractivity contribution is 0.0955. The number of carbonyl (C=O) groups is 1. The van der Waals surface area contributed by atoms with Crippen molar-refractivity contribution in [3.63, 3.8) is 0 Å². The number of hydrogen-bond acceptors (Lipinski definition) is 4. The van der Waals surface area contributed by atoms with E-state index in [1.165, 1.54) is 0 Å². The summed E-state index contributed by atoms with van der Waals surface area (Å²) in [5.41, 5.74) is 4.93. The van der Waals surface area contributed by atoms with Crippen molar-refractivity contribution in [3.05, 3.63) is 104 Å². The molecule has 0 fully saturated rings. The van der Waals surface area contributed by atoms with Crippen LogP contribution < -0.4 is 14.9 Å². The van der Waals surface area contributed by atoms with Crippen molar-refractivity contribution in [1.82, 2.24) is 5.43 Å². The van der Waals surface area contributed by atoms with Gasteiger partial charge in [0, 0.05) is 10.6 Å². The van der Waals surface area contributed by atoms with Gasteiger partial charge in [-0.1, -0.05) is 54.1 Å². The molecule has 7 heteroatoms. The highest BCUT2D eigenvalue weighted by Crippen LogP contribution is 2.34. The van der Waals surface area contributed by atoms with Crippen LogP contribution in [-0.2, 0) is 6.61 Å². The van der Waals surface area contributed by atoms with E-state index in [0.717, 1.165) is 25.5 Å². The Hall–Kier alpha value is -3.10. The van der Waals surface area contributed by atoms with E-state index in [9.17, 15) is 4.79 Å². The lowest BCUT2D eigenvalue weighted by Gasteiger charge is -2.15. The largest absolute Gasteiger partial charge is 0.490 e. The highest BCUT2D eigenvalue weighted by atomic mass is 127. The third-order valence-corrected chi connectivity index (χ3v) is 6.07. The van der Waals surface area contributed by atoms with Gasteiger partial charge in [-0.15, -0.1) is 0 Å². The zero-order valence-corrected chi connectivity index (χ0v) is 21.3. The van der Waals surface area contributed by atoms with Crippen molar-refractivity contribution >= 4 is 57.1 Å². The fourth-order valence-electron chi connectivity index (χ4n) is 3.36. The van der Waals surface area contributed by atoms with Crippen LogP contribution in [0.5, 0.6) is 11.5 Å². The van der Waals surface area contributed by atoms with Gasteiger partial charge in [-0.2, -0.15) is 5.10 Å². The predicted molar refractivity (Wildman–Crippen MR) is 145 cm³/mol. The van der Waals surface area contributed by atoms with E-state index in [2.05, 4.69) is 33.1 Å². The zero-order chi connectivity index (χ0) is 23.9. The smallest absolute Gasteiger partial charge is 0.271 e. The van der Waals surface area contributed by atoms with Crippen LogP contribution in [0.15, 0.2) is 84.0 Å². The molecule has 0 saturated heterocycles. The molecule has 0 radical (unpaired) electrons. The van der Waals surface area contributed by atoms with Gasteiger partial charge in [0.2, 0.25) is 0 Å². The molecule has 1 amide bonds. The zero-order valence-electron chi connectivity index (χ0n) is 18.4. The molecular formula is C27H22ClIN2O3. The maximum absolute atomic E-state index is 12.5. The molecule has 172 valence electrons. The van der Waals surface area contributed by atoms with E-state index in [-0.39, 0.29) is 5.91 Å². The van der Waals surface area contributed by atoms with E-state index < -0.39 is 0 Å². The molecule has 0 aromatic heterocycles. The summed E-state index contributed by atoms with van der Waals surface area (Å²) in [4.78, 5) is 12.5. The maximum Gasteiger partial charge on any atom is 0.271 e. The number of rotatable bonds is 8. The molecule has 0 atom stereocenters. The molecule has 0 spiro atoms. The van der Waals surface area contributed by atoms with Crippen LogP contribution in [0.4, 0.5) is 0 Å². The molecular weight excluding hydrogens is 563 g/mol. The molecule has 1 N–H and O–H groups in total. The summed E-state index contributed by atoms with van der Waals surface area (Å²) >= 11 is 8.16. The topological polar surface area (TPSA) is 59.9 Å². The van der Waals surface area contributed by atoms with E-state index in [0.29, 0.717) is 35.3 Å². The molecule has 0 aliphatic carbocycles. The normalized spacial score (nSPS) is 11.0. The molecule has 0 bridgehead atoms. The van der Waals surface area contributed by atoms with E-state index >= 15 is 0 Å². The van der Waals surface area contributed by atoms with Crippen LogP contribution >= 0.6 is 34.2 Å². The van der Waals surface area contributed by atoms with Gasteiger partial charge in [-0.25, -0.2) is 5.43 Å². The Morgan fingerprint density at radius 3 is 2.53 bits per heavy atom. The second-order valence-electron chi connectivity index (χ2n) is 7.44. The summed E-state index contributed by atoms with van der Waals surface area (Å²) in [5.74, 6) is 1.00. The molecule has 0 aliphatic heterocycles. The van der Waals surface area contributed by atoms with Crippen LogP contribution in [0.25, 0.3) is 10.8 Å². The van der Waals surface area contributed by atoms with Crippen LogP contribution in [0.1, 0.15) is 28.4 Å². The van der Waals surface area contributed by atoms with Gasteiger partial charge in [0.25, 0.3) is 5.91 Å². The number of nitrogens with one attached hydrogen (secondary N) is 1.